The zero-order valence-electron chi connectivity index (χ0n) is 14.3. The van der Waals surface area contributed by atoms with Crippen molar-refractivity contribution in [2.24, 2.45) is 11.7 Å². The maximum Gasteiger partial charge on any atom is 0.256 e. The van der Waals surface area contributed by atoms with Crippen LogP contribution < -0.4 is 10.6 Å². The first kappa shape index (κ1) is 16.5. The molecule has 3 rings (SSSR count). The Kier molecular flexibility index (Phi) is 5.02. The van der Waals surface area contributed by atoms with E-state index in [2.05, 4.69) is 32.0 Å². The van der Waals surface area contributed by atoms with E-state index in [9.17, 15) is 4.79 Å². The zero-order valence-corrected chi connectivity index (χ0v) is 14.3. The molecule has 23 heavy (non-hydrogen) atoms. The molecule has 2 unspecified atom stereocenters. The van der Waals surface area contributed by atoms with Gasteiger partial charge >= 0.3 is 0 Å². The van der Waals surface area contributed by atoms with Gasteiger partial charge in [0.05, 0.1) is 0 Å². The molecular weight excluding hydrogens is 288 g/mol. The molecule has 1 amide bonds. The standard InChI is InChI=1S/C19H28N2O2/c1-13(2)10-16(20)12-14-5-6-17-15(11-14)7-8-21(17)19(22)18-4-3-9-23-18/h5-6,11,13,16,18H,3-4,7-10,12,20H2,1-2H3. The maximum atomic E-state index is 12.6. The number of anilines is 1. The van der Waals surface area contributed by atoms with Crippen LogP contribution in [-0.4, -0.2) is 31.2 Å². The van der Waals surface area contributed by atoms with Crippen molar-refractivity contribution < 1.29 is 9.53 Å². The number of nitrogens with zero attached hydrogens (tertiary/aromatic N) is 1. The van der Waals surface area contributed by atoms with E-state index in [0.717, 1.165) is 44.3 Å². The van der Waals surface area contributed by atoms with Gasteiger partial charge in [-0.25, -0.2) is 0 Å². The van der Waals surface area contributed by atoms with Gasteiger partial charge < -0.3 is 15.4 Å². The summed E-state index contributed by atoms with van der Waals surface area (Å²) in [5.41, 5.74) is 9.84. The Morgan fingerprint density at radius 2 is 2.26 bits per heavy atom. The molecule has 2 heterocycles. The molecule has 0 saturated carbocycles. The van der Waals surface area contributed by atoms with E-state index in [-0.39, 0.29) is 18.1 Å². The number of hydrogen-bond acceptors (Lipinski definition) is 3. The van der Waals surface area contributed by atoms with Crippen LogP contribution in [0.15, 0.2) is 18.2 Å². The van der Waals surface area contributed by atoms with Gasteiger partial charge in [0.25, 0.3) is 5.91 Å². The van der Waals surface area contributed by atoms with E-state index in [1.807, 2.05) is 4.90 Å². The molecule has 4 nitrogen and oxygen atoms in total. The molecule has 2 N–H and O–H groups in total. The van der Waals surface area contributed by atoms with Crippen LogP contribution in [0.2, 0.25) is 0 Å². The van der Waals surface area contributed by atoms with Crippen molar-refractivity contribution in [2.45, 2.75) is 58.1 Å². The number of amides is 1. The van der Waals surface area contributed by atoms with Crippen LogP contribution >= 0.6 is 0 Å². The van der Waals surface area contributed by atoms with Crippen molar-refractivity contribution in [3.63, 3.8) is 0 Å². The van der Waals surface area contributed by atoms with E-state index in [0.29, 0.717) is 12.5 Å². The molecule has 0 aromatic heterocycles. The fraction of sp³-hybridized carbons (Fsp3) is 0.632. The number of benzene rings is 1. The second-order valence-corrected chi connectivity index (χ2v) is 7.30. The monoisotopic (exact) mass is 316 g/mol. The first-order valence-corrected chi connectivity index (χ1v) is 8.85. The summed E-state index contributed by atoms with van der Waals surface area (Å²) in [6, 6.07) is 6.66. The highest BCUT2D eigenvalue weighted by atomic mass is 16.5. The summed E-state index contributed by atoms with van der Waals surface area (Å²) in [6.07, 6.45) is 4.49. The highest BCUT2D eigenvalue weighted by Crippen LogP contribution is 2.31. The third-order valence-electron chi connectivity index (χ3n) is 4.78. The molecule has 1 fully saturated rings. The van der Waals surface area contributed by atoms with Gasteiger partial charge in [-0.15, -0.1) is 0 Å². The van der Waals surface area contributed by atoms with E-state index < -0.39 is 0 Å². The molecule has 126 valence electrons. The van der Waals surface area contributed by atoms with Gasteiger partial charge in [-0.2, -0.15) is 0 Å². The average molecular weight is 316 g/mol. The van der Waals surface area contributed by atoms with Crippen LogP contribution in [0.25, 0.3) is 0 Å². The lowest BCUT2D eigenvalue weighted by Crippen LogP contribution is -2.37. The number of carbonyl (C=O) groups excluding carboxylic acids is 1. The van der Waals surface area contributed by atoms with Crippen molar-refractivity contribution in [3.05, 3.63) is 29.3 Å². The second-order valence-electron chi connectivity index (χ2n) is 7.30. The molecule has 2 aliphatic heterocycles. The van der Waals surface area contributed by atoms with Crippen molar-refractivity contribution >= 4 is 11.6 Å². The number of ether oxygens (including phenoxy) is 1. The Labute approximate surface area is 139 Å². The number of rotatable bonds is 5. The highest BCUT2D eigenvalue weighted by Gasteiger charge is 2.32. The smallest absolute Gasteiger partial charge is 0.256 e. The quantitative estimate of drug-likeness (QED) is 0.908. The molecule has 0 aliphatic carbocycles. The van der Waals surface area contributed by atoms with Crippen molar-refractivity contribution in [1.82, 2.24) is 0 Å². The summed E-state index contributed by atoms with van der Waals surface area (Å²) in [5, 5.41) is 0. The Hall–Kier alpha value is -1.39. The molecule has 1 aromatic rings. The normalized spacial score (nSPS) is 21.7. The van der Waals surface area contributed by atoms with Crippen LogP contribution in [0.1, 0.15) is 44.2 Å². The topological polar surface area (TPSA) is 55.6 Å². The number of nitrogens with two attached hydrogens (primary N) is 1. The zero-order chi connectivity index (χ0) is 16.4. The lowest BCUT2D eigenvalue weighted by atomic mass is 9.96. The van der Waals surface area contributed by atoms with Gasteiger partial charge in [0.15, 0.2) is 0 Å². The summed E-state index contributed by atoms with van der Waals surface area (Å²) in [5.74, 6) is 0.754. The summed E-state index contributed by atoms with van der Waals surface area (Å²) in [4.78, 5) is 14.5. The van der Waals surface area contributed by atoms with Gasteiger partial charge in [-0.05, 0) is 55.2 Å². The summed E-state index contributed by atoms with van der Waals surface area (Å²) in [7, 11) is 0. The summed E-state index contributed by atoms with van der Waals surface area (Å²) >= 11 is 0. The highest BCUT2D eigenvalue weighted by molar-refractivity contribution is 5.98. The number of carbonyl (C=O) groups is 1. The van der Waals surface area contributed by atoms with Crippen molar-refractivity contribution in [2.75, 3.05) is 18.1 Å². The van der Waals surface area contributed by atoms with E-state index in [1.54, 1.807) is 0 Å². The summed E-state index contributed by atoms with van der Waals surface area (Å²) < 4.78 is 5.55. The van der Waals surface area contributed by atoms with Crippen molar-refractivity contribution in [3.8, 4) is 0 Å². The van der Waals surface area contributed by atoms with Crippen LogP contribution in [0.5, 0.6) is 0 Å². The minimum absolute atomic E-state index is 0.130. The van der Waals surface area contributed by atoms with Gasteiger partial charge in [0.1, 0.15) is 6.10 Å². The Morgan fingerprint density at radius 3 is 2.96 bits per heavy atom. The summed E-state index contributed by atoms with van der Waals surface area (Å²) in [6.45, 7) is 5.90. The van der Waals surface area contributed by atoms with Crippen LogP contribution in [0, 0.1) is 5.92 Å². The Morgan fingerprint density at radius 1 is 1.43 bits per heavy atom. The molecular formula is C19H28N2O2. The van der Waals surface area contributed by atoms with Crippen LogP contribution in [-0.2, 0) is 22.4 Å². The molecule has 0 bridgehead atoms. The third kappa shape index (κ3) is 3.75. The van der Waals surface area contributed by atoms with Crippen molar-refractivity contribution in [1.29, 1.82) is 0 Å². The number of hydrogen-bond donors (Lipinski definition) is 1. The maximum absolute atomic E-state index is 12.6. The lowest BCUT2D eigenvalue weighted by molar-refractivity contribution is -0.127. The van der Waals surface area contributed by atoms with Crippen LogP contribution in [0.4, 0.5) is 5.69 Å². The number of fused-ring (bicyclic) bond motifs is 1. The predicted molar refractivity (Wildman–Crippen MR) is 92.6 cm³/mol. The molecule has 1 aromatic carbocycles. The Balaban J connectivity index is 1.68. The molecule has 2 aliphatic rings. The molecule has 2 atom stereocenters. The van der Waals surface area contributed by atoms with Gasteiger partial charge in [-0.1, -0.05) is 26.0 Å². The first-order valence-electron chi connectivity index (χ1n) is 8.85. The molecule has 4 heteroatoms. The first-order chi connectivity index (χ1) is 11.0. The van der Waals surface area contributed by atoms with Gasteiger partial charge in [-0.3, -0.25) is 4.79 Å². The van der Waals surface area contributed by atoms with Crippen LogP contribution in [0.3, 0.4) is 0 Å². The average Bonchev–Trinajstić information content (AvgIpc) is 3.15. The van der Waals surface area contributed by atoms with E-state index >= 15 is 0 Å². The lowest BCUT2D eigenvalue weighted by Gasteiger charge is -2.21. The minimum atomic E-state index is -0.236. The van der Waals surface area contributed by atoms with E-state index in [4.69, 9.17) is 10.5 Å². The largest absolute Gasteiger partial charge is 0.368 e. The van der Waals surface area contributed by atoms with E-state index in [1.165, 1.54) is 11.1 Å². The third-order valence-corrected chi connectivity index (χ3v) is 4.78. The second kappa shape index (κ2) is 7.02. The SMILES string of the molecule is CC(C)CC(N)Cc1ccc2c(c1)CCN2C(=O)C1CCCO1. The van der Waals surface area contributed by atoms with Gasteiger partial charge in [0.2, 0.25) is 0 Å². The predicted octanol–water partition coefficient (Wildman–Crippen LogP) is 2.67. The minimum Gasteiger partial charge on any atom is -0.368 e. The molecule has 1 saturated heterocycles. The fourth-order valence-electron chi connectivity index (χ4n) is 3.75. The fourth-order valence-corrected chi connectivity index (χ4v) is 3.75. The Bertz CT molecular complexity index is 564. The molecule has 0 radical (unpaired) electrons. The van der Waals surface area contributed by atoms with Gasteiger partial charge in [0, 0.05) is 24.9 Å². The molecule has 0 spiro atoms.